The molecule has 1 amide bonds. The van der Waals surface area contributed by atoms with Crippen molar-refractivity contribution in [3.63, 3.8) is 0 Å². The summed E-state index contributed by atoms with van der Waals surface area (Å²) in [5.74, 6) is -0.702. The maximum absolute atomic E-state index is 13.5. The highest BCUT2D eigenvalue weighted by Crippen LogP contribution is 2.36. The van der Waals surface area contributed by atoms with Crippen molar-refractivity contribution in [3.05, 3.63) is 120 Å². The number of hydrazone groups is 1. The first kappa shape index (κ1) is 25.6. The lowest BCUT2D eigenvalue weighted by Gasteiger charge is -2.11. The average molecular weight is 539 g/mol. The highest BCUT2D eigenvalue weighted by atomic mass is 16.6. The molecule has 5 rings (SSSR count). The molecule has 0 saturated heterocycles. The molecule has 40 heavy (non-hydrogen) atoms. The van der Waals surface area contributed by atoms with Gasteiger partial charge in [-0.1, -0.05) is 30.3 Å². The van der Waals surface area contributed by atoms with Crippen molar-refractivity contribution in [1.29, 1.82) is 0 Å². The molecule has 1 aliphatic rings. The zero-order valence-electron chi connectivity index (χ0n) is 20.6. The van der Waals surface area contributed by atoms with Crippen LogP contribution in [0.25, 0.3) is 23.0 Å². The number of para-hydroxylation sites is 1. The van der Waals surface area contributed by atoms with Gasteiger partial charge in [0.05, 0.1) is 37.8 Å². The predicted molar refractivity (Wildman–Crippen MR) is 144 cm³/mol. The van der Waals surface area contributed by atoms with Gasteiger partial charge in [-0.25, -0.2) is 4.68 Å². The topological polar surface area (TPSA) is 180 Å². The van der Waals surface area contributed by atoms with Crippen molar-refractivity contribution in [3.8, 4) is 16.9 Å². The molecule has 14 nitrogen and oxygen atoms in total. The van der Waals surface area contributed by atoms with E-state index in [9.17, 15) is 35.1 Å². The Balaban J connectivity index is 1.61. The van der Waals surface area contributed by atoms with Crippen molar-refractivity contribution in [2.75, 3.05) is 5.01 Å². The standard InChI is InChI=1S/C26H17N7O7/c1-16-22(26(34)30(27-16)23-11-10-21(32(37)38)14-24(23)33(39)40)13-18-15-29(19-7-3-2-4-8-19)28-25(18)17-6-5-9-20(12-17)31(35)36/h2-15H,1H3/b22-13-. The van der Waals surface area contributed by atoms with Gasteiger partial charge in [0.15, 0.2) is 0 Å². The predicted octanol–water partition coefficient (Wildman–Crippen LogP) is 5.07. The quantitative estimate of drug-likeness (QED) is 0.177. The maximum atomic E-state index is 13.5. The van der Waals surface area contributed by atoms with Crippen LogP contribution in [-0.2, 0) is 4.79 Å². The Bertz CT molecular complexity index is 1780. The van der Waals surface area contributed by atoms with Crippen LogP contribution in [0.4, 0.5) is 22.7 Å². The number of hydrogen-bond donors (Lipinski definition) is 0. The molecule has 0 aliphatic carbocycles. The third-order valence-electron chi connectivity index (χ3n) is 6.05. The summed E-state index contributed by atoms with van der Waals surface area (Å²) < 4.78 is 1.56. The van der Waals surface area contributed by atoms with E-state index >= 15 is 0 Å². The Morgan fingerprint density at radius 3 is 2.20 bits per heavy atom. The van der Waals surface area contributed by atoms with Crippen LogP contribution in [0.15, 0.2) is 89.7 Å². The number of rotatable bonds is 7. The molecule has 0 spiro atoms. The minimum absolute atomic E-state index is 0.0898. The first-order chi connectivity index (χ1) is 19.1. The SMILES string of the molecule is CC1=NN(c2ccc([N+](=O)[O-])cc2[N+](=O)[O-])C(=O)/C1=C\c1cn(-c2ccccc2)nc1-c1cccc([N+](=O)[O-])c1. The average Bonchev–Trinajstić information content (AvgIpc) is 3.50. The monoisotopic (exact) mass is 539 g/mol. The van der Waals surface area contributed by atoms with Crippen LogP contribution in [-0.4, -0.2) is 36.2 Å². The highest BCUT2D eigenvalue weighted by Gasteiger charge is 2.34. The number of benzene rings is 3. The van der Waals surface area contributed by atoms with Gasteiger partial charge >= 0.3 is 5.69 Å². The number of non-ortho nitro benzene ring substituents is 2. The van der Waals surface area contributed by atoms with Gasteiger partial charge in [0.25, 0.3) is 17.3 Å². The summed E-state index contributed by atoms with van der Waals surface area (Å²) in [6, 6.07) is 17.9. The third kappa shape index (κ3) is 4.67. The summed E-state index contributed by atoms with van der Waals surface area (Å²) in [5.41, 5.74) is 0.690. The molecule has 3 aromatic carbocycles. The summed E-state index contributed by atoms with van der Waals surface area (Å²) in [5, 5.41) is 43.8. The van der Waals surface area contributed by atoms with E-state index in [1.807, 2.05) is 30.3 Å². The summed E-state index contributed by atoms with van der Waals surface area (Å²) in [7, 11) is 0. The Hall–Kier alpha value is -6.05. The zero-order chi connectivity index (χ0) is 28.6. The molecule has 4 aromatic rings. The van der Waals surface area contributed by atoms with Gasteiger partial charge in [-0.15, -0.1) is 0 Å². The van der Waals surface area contributed by atoms with E-state index in [1.54, 1.807) is 16.9 Å². The number of carbonyl (C=O) groups excluding carboxylic acids is 1. The molecule has 0 radical (unpaired) electrons. The summed E-state index contributed by atoms with van der Waals surface area (Å²) >= 11 is 0. The van der Waals surface area contributed by atoms with Crippen LogP contribution in [0.1, 0.15) is 12.5 Å². The molecule has 14 heteroatoms. The summed E-state index contributed by atoms with van der Waals surface area (Å²) in [6.45, 7) is 1.54. The van der Waals surface area contributed by atoms with E-state index < -0.39 is 32.1 Å². The lowest BCUT2D eigenvalue weighted by molar-refractivity contribution is -0.393. The van der Waals surface area contributed by atoms with E-state index in [1.165, 1.54) is 31.2 Å². The molecular formula is C26H17N7O7. The van der Waals surface area contributed by atoms with Crippen molar-refractivity contribution in [2.24, 2.45) is 5.10 Å². The second-order valence-corrected chi connectivity index (χ2v) is 8.57. The fourth-order valence-electron chi connectivity index (χ4n) is 4.15. The van der Waals surface area contributed by atoms with Gasteiger partial charge in [0.1, 0.15) is 11.4 Å². The molecular weight excluding hydrogens is 522 g/mol. The molecule has 0 fully saturated rings. The molecule has 2 heterocycles. The van der Waals surface area contributed by atoms with E-state index in [0.29, 0.717) is 22.5 Å². The normalized spacial score (nSPS) is 13.9. The third-order valence-corrected chi connectivity index (χ3v) is 6.05. The van der Waals surface area contributed by atoms with Gasteiger partial charge in [-0.05, 0) is 31.2 Å². The molecule has 198 valence electrons. The Morgan fingerprint density at radius 1 is 0.825 bits per heavy atom. The van der Waals surface area contributed by atoms with E-state index in [0.717, 1.165) is 23.2 Å². The molecule has 0 bridgehead atoms. The smallest absolute Gasteiger partial charge is 0.267 e. The molecule has 1 aliphatic heterocycles. The number of carbonyl (C=O) groups is 1. The molecule has 0 unspecified atom stereocenters. The summed E-state index contributed by atoms with van der Waals surface area (Å²) in [4.78, 5) is 45.5. The fourth-order valence-corrected chi connectivity index (χ4v) is 4.15. The minimum atomic E-state index is -0.827. The van der Waals surface area contributed by atoms with E-state index in [2.05, 4.69) is 10.2 Å². The Morgan fingerprint density at radius 2 is 1.52 bits per heavy atom. The number of nitro benzene ring substituents is 3. The van der Waals surface area contributed by atoms with Gasteiger partial charge < -0.3 is 0 Å². The largest absolute Gasteiger partial charge is 0.301 e. The van der Waals surface area contributed by atoms with Crippen LogP contribution >= 0.6 is 0 Å². The van der Waals surface area contributed by atoms with Crippen molar-refractivity contribution in [1.82, 2.24) is 9.78 Å². The zero-order valence-corrected chi connectivity index (χ0v) is 20.6. The Kier molecular flexibility index (Phi) is 6.41. The van der Waals surface area contributed by atoms with Crippen molar-refractivity contribution in [2.45, 2.75) is 6.92 Å². The molecule has 0 atom stereocenters. The first-order valence-corrected chi connectivity index (χ1v) is 11.6. The van der Waals surface area contributed by atoms with Crippen LogP contribution in [0, 0.1) is 30.3 Å². The lowest BCUT2D eigenvalue weighted by atomic mass is 10.0. The van der Waals surface area contributed by atoms with Crippen LogP contribution in [0.5, 0.6) is 0 Å². The van der Waals surface area contributed by atoms with Crippen LogP contribution in [0.2, 0.25) is 0 Å². The van der Waals surface area contributed by atoms with Crippen LogP contribution in [0.3, 0.4) is 0 Å². The fraction of sp³-hybridized carbons (Fsp3) is 0.0385. The molecule has 0 N–H and O–H groups in total. The van der Waals surface area contributed by atoms with Crippen molar-refractivity contribution < 1.29 is 19.6 Å². The second-order valence-electron chi connectivity index (χ2n) is 8.57. The minimum Gasteiger partial charge on any atom is -0.267 e. The van der Waals surface area contributed by atoms with Crippen LogP contribution < -0.4 is 5.01 Å². The van der Waals surface area contributed by atoms with Gasteiger partial charge in [0, 0.05) is 35.5 Å². The lowest BCUT2D eigenvalue weighted by Crippen LogP contribution is -2.22. The second kappa shape index (κ2) is 10.0. The number of nitrogens with zero attached hydrogens (tertiary/aromatic N) is 7. The number of nitro groups is 3. The molecule has 0 saturated carbocycles. The van der Waals surface area contributed by atoms with Gasteiger partial charge in [-0.3, -0.25) is 35.1 Å². The van der Waals surface area contributed by atoms with Crippen molar-refractivity contribution >= 4 is 40.4 Å². The Labute approximate surface area is 224 Å². The first-order valence-electron chi connectivity index (χ1n) is 11.6. The van der Waals surface area contributed by atoms with Gasteiger partial charge in [-0.2, -0.15) is 15.2 Å². The highest BCUT2D eigenvalue weighted by molar-refractivity contribution is 6.32. The number of hydrogen-bond acceptors (Lipinski definition) is 9. The molecule has 1 aromatic heterocycles. The number of amides is 1. The number of anilines is 1. The summed E-state index contributed by atoms with van der Waals surface area (Å²) in [6.07, 6.45) is 3.15. The van der Waals surface area contributed by atoms with E-state index in [-0.39, 0.29) is 22.7 Å². The van der Waals surface area contributed by atoms with E-state index in [4.69, 9.17) is 0 Å². The maximum Gasteiger partial charge on any atom is 0.301 e. The number of aromatic nitrogens is 2. The van der Waals surface area contributed by atoms with Gasteiger partial charge in [0.2, 0.25) is 0 Å².